The Morgan fingerprint density at radius 2 is 1.70 bits per heavy atom. The summed E-state index contributed by atoms with van der Waals surface area (Å²) >= 11 is 0. The van der Waals surface area contributed by atoms with E-state index < -0.39 is 0 Å². The molecule has 1 aromatic heterocycles. The molecule has 1 heterocycles. The monoisotopic (exact) mass is 269 g/mol. The Balaban J connectivity index is 1.88. The zero-order valence-corrected chi connectivity index (χ0v) is 12.6. The Hall–Kier alpha value is -1.54. The predicted octanol–water partition coefficient (Wildman–Crippen LogP) is 4.52. The molecule has 0 bridgehead atoms. The molecule has 0 aliphatic heterocycles. The van der Waals surface area contributed by atoms with Crippen LogP contribution >= 0.6 is 0 Å². The molecular weight excluding hydrogens is 246 g/mol. The summed E-state index contributed by atoms with van der Waals surface area (Å²) in [5, 5.41) is 0. The minimum atomic E-state index is -0.0945. The van der Waals surface area contributed by atoms with E-state index in [2.05, 4.69) is 31.2 Å². The molecule has 106 valence electrons. The molecule has 2 nitrogen and oxygen atoms in total. The van der Waals surface area contributed by atoms with Crippen molar-refractivity contribution in [2.45, 2.75) is 52.0 Å². The Bertz CT molecular complexity index is 605. The van der Waals surface area contributed by atoms with Crippen molar-refractivity contribution in [3.8, 4) is 0 Å². The highest BCUT2D eigenvalue weighted by Gasteiger charge is 2.21. The van der Waals surface area contributed by atoms with E-state index >= 15 is 0 Å². The third kappa shape index (κ3) is 2.18. The van der Waals surface area contributed by atoms with Crippen molar-refractivity contribution in [1.82, 2.24) is 0 Å². The zero-order chi connectivity index (χ0) is 14.3. The van der Waals surface area contributed by atoms with Gasteiger partial charge in [0.05, 0.1) is 6.04 Å². The number of hydrogen-bond acceptors (Lipinski definition) is 2. The number of hydrogen-bond donors (Lipinski definition) is 1. The highest BCUT2D eigenvalue weighted by Crippen LogP contribution is 2.37. The van der Waals surface area contributed by atoms with Gasteiger partial charge in [-0.05, 0) is 56.2 Å². The largest absolute Gasteiger partial charge is 0.466 e. The van der Waals surface area contributed by atoms with Crippen molar-refractivity contribution in [2.24, 2.45) is 5.73 Å². The van der Waals surface area contributed by atoms with Crippen molar-refractivity contribution < 1.29 is 4.42 Å². The van der Waals surface area contributed by atoms with Crippen LogP contribution in [-0.2, 0) is 0 Å². The maximum atomic E-state index is 6.44. The van der Waals surface area contributed by atoms with E-state index in [0.29, 0.717) is 0 Å². The third-order valence-electron chi connectivity index (χ3n) is 4.80. The normalized spacial score (nSPS) is 17.0. The maximum Gasteiger partial charge on any atom is 0.106 e. The third-order valence-corrected chi connectivity index (χ3v) is 4.80. The number of benzene rings is 1. The summed E-state index contributed by atoms with van der Waals surface area (Å²) in [5.74, 6) is 2.69. The molecule has 1 aromatic carbocycles. The Labute approximate surface area is 121 Å². The fourth-order valence-corrected chi connectivity index (χ4v) is 3.15. The van der Waals surface area contributed by atoms with E-state index in [0.717, 1.165) is 23.0 Å². The molecule has 0 amide bonds. The Morgan fingerprint density at radius 3 is 2.15 bits per heavy atom. The number of rotatable bonds is 3. The van der Waals surface area contributed by atoms with Crippen LogP contribution in [0.3, 0.4) is 0 Å². The second-order valence-electron chi connectivity index (χ2n) is 6.03. The molecule has 1 saturated carbocycles. The van der Waals surface area contributed by atoms with E-state index in [1.807, 2.05) is 13.8 Å². The van der Waals surface area contributed by atoms with Gasteiger partial charge in [-0.1, -0.05) is 30.7 Å². The van der Waals surface area contributed by atoms with Crippen LogP contribution in [0.4, 0.5) is 0 Å². The number of aryl methyl sites for hydroxylation is 2. The first-order valence-corrected chi connectivity index (χ1v) is 7.50. The van der Waals surface area contributed by atoms with Gasteiger partial charge in [0, 0.05) is 5.56 Å². The van der Waals surface area contributed by atoms with Crippen LogP contribution in [0.15, 0.2) is 28.7 Å². The Morgan fingerprint density at radius 1 is 1.05 bits per heavy atom. The van der Waals surface area contributed by atoms with Gasteiger partial charge in [0.1, 0.15) is 11.5 Å². The predicted molar refractivity (Wildman–Crippen MR) is 82.0 cm³/mol. The van der Waals surface area contributed by atoms with Gasteiger partial charge in [-0.2, -0.15) is 0 Å². The van der Waals surface area contributed by atoms with Crippen molar-refractivity contribution in [1.29, 1.82) is 0 Å². The average molecular weight is 269 g/mol. The van der Waals surface area contributed by atoms with Crippen LogP contribution in [0.2, 0.25) is 0 Å². The first-order chi connectivity index (χ1) is 9.58. The summed E-state index contributed by atoms with van der Waals surface area (Å²) in [6, 6.07) is 8.76. The summed E-state index contributed by atoms with van der Waals surface area (Å²) in [6.07, 6.45) is 4.05. The Kier molecular flexibility index (Phi) is 3.43. The van der Waals surface area contributed by atoms with E-state index in [-0.39, 0.29) is 6.04 Å². The van der Waals surface area contributed by atoms with Gasteiger partial charge in [-0.25, -0.2) is 0 Å². The first kappa shape index (κ1) is 13.4. The summed E-state index contributed by atoms with van der Waals surface area (Å²) < 4.78 is 5.70. The molecule has 1 fully saturated rings. The molecule has 1 unspecified atom stereocenters. The second-order valence-corrected chi connectivity index (χ2v) is 6.03. The SMILES string of the molecule is Cc1oc(C)c(C(N)c2ccc(C3CCC3)cc2)c1C. The van der Waals surface area contributed by atoms with Crippen LogP contribution in [-0.4, -0.2) is 0 Å². The number of furan rings is 1. The lowest BCUT2D eigenvalue weighted by molar-refractivity contribution is 0.419. The zero-order valence-electron chi connectivity index (χ0n) is 12.6. The van der Waals surface area contributed by atoms with Crippen LogP contribution in [0.25, 0.3) is 0 Å². The van der Waals surface area contributed by atoms with Crippen molar-refractivity contribution in [2.75, 3.05) is 0 Å². The topological polar surface area (TPSA) is 39.2 Å². The van der Waals surface area contributed by atoms with Crippen LogP contribution in [0.5, 0.6) is 0 Å². The molecule has 3 rings (SSSR count). The molecule has 1 aliphatic carbocycles. The molecule has 2 heteroatoms. The van der Waals surface area contributed by atoms with E-state index in [1.54, 1.807) is 0 Å². The standard InChI is InChI=1S/C18H23NO/c1-11-12(2)20-13(3)17(11)18(19)16-9-7-15(8-10-16)14-5-4-6-14/h7-10,14,18H,4-6,19H2,1-3H3. The van der Waals surface area contributed by atoms with Crippen molar-refractivity contribution in [3.05, 3.63) is 58.0 Å². The van der Waals surface area contributed by atoms with E-state index in [9.17, 15) is 0 Å². The van der Waals surface area contributed by atoms with Crippen molar-refractivity contribution in [3.63, 3.8) is 0 Å². The van der Waals surface area contributed by atoms with Gasteiger partial charge in [-0.15, -0.1) is 0 Å². The van der Waals surface area contributed by atoms with Gasteiger partial charge in [0.2, 0.25) is 0 Å². The van der Waals surface area contributed by atoms with Crippen molar-refractivity contribution >= 4 is 0 Å². The minimum Gasteiger partial charge on any atom is -0.466 e. The second kappa shape index (κ2) is 5.10. The molecular formula is C18H23NO. The molecule has 1 aliphatic rings. The molecule has 0 spiro atoms. The number of nitrogens with two attached hydrogens (primary N) is 1. The summed E-state index contributed by atoms with van der Waals surface area (Å²) in [5.41, 5.74) is 11.4. The van der Waals surface area contributed by atoms with Crippen LogP contribution < -0.4 is 5.73 Å². The first-order valence-electron chi connectivity index (χ1n) is 7.50. The fraction of sp³-hybridized carbons (Fsp3) is 0.444. The minimum absolute atomic E-state index is 0.0945. The van der Waals surface area contributed by atoms with Crippen LogP contribution in [0.1, 0.15) is 65.0 Å². The molecule has 1 atom stereocenters. The highest BCUT2D eigenvalue weighted by molar-refractivity contribution is 5.41. The molecule has 2 aromatic rings. The average Bonchev–Trinajstić information content (AvgIpc) is 2.61. The van der Waals surface area contributed by atoms with Gasteiger partial charge in [0.25, 0.3) is 0 Å². The van der Waals surface area contributed by atoms with E-state index in [1.165, 1.54) is 36.0 Å². The van der Waals surface area contributed by atoms with Gasteiger partial charge in [0.15, 0.2) is 0 Å². The lowest BCUT2D eigenvalue weighted by Gasteiger charge is -2.26. The molecule has 0 radical (unpaired) electrons. The molecule has 0 saturated heterocycles. The van der Waals surface area contributed by atoms with E-state index in [4.69, 9.17) is 10.2 Å². The summed E-state index contributed by atoms with van der Waals surface area (Å²) in [7, 11) is 0. The van der Waals surface area contributed by atoms with Gasteiger partial charge >= 0.3 is 0 Å². The van der Waals surface area contributed by atoms with Crippen LogP contribution in [0, 0.1) is 20.8 Å². The lowest BCUT2D eigenvalue weighted by Crippen LogP contribution is -2.14. The smallest absolute Gasteiger partial charge is 0.106 e. The van der Waals surface area contributed by atoms with Gasteiger partial charge < -0.3 is 10.2 Å². The van der Waals surface area contributed by atoms with Gasteiger partial charge in [-0.3, -0.25) is 0 Å². The highest BCUT2D eigenvalue weighted by atomic mass is 16.3. The summed E-state index contributed by atoms with van der Waals surface area (Å²) in [4.78, 5) is 0. The maximum absolute atomic E-state index is 6.44. The molecule has 20 heavy (non-hydrogen) atoms. The molecule has 2 N–H and O–H groups in total. The fourth-order valence-electron chi connectivity index (χ4n) is 3.15. The lowest BCUT2D eigenvalue weighted by atomic mass is 9.79. The quantitative estimate of drug-likeness (QED) is 0.889. The summed E-state index contributed by atoms with van der Waals surface area (Å²) in [6.45, 7) is 6.08.